The molecule has 2 heterocycles. The molecule has 0 aliphatic carbocycles. The van der Waals surface area contributed by atoms with E-state index in [0.717, 1.165) is 30.9 Å². The number of halogens is 1. The number of likely N-dealkylation sites (N-methyl/N-ethyl adjacent to an activating group) is 1. The lowest BCUT2D eigenvalue weighted by Crippen LogP contribution is -2.44. The summed E-state index contributed by atoms with van der Waals surface area (Å²) in [5, 5.41) is 3.07. The number of hydrogen-bond acceptors (Lipinski definition) is 3. The first-order valence-corrected chi connectivity index (χ1v) is 8.72. The SMILES string of the molecule is CCN1CCCC1CNC(=O)C1Cc2cc(I)ccc2O1. The summed E-state index contributed by atoms with van der Waals surface area (Å²) < 4.78 is 6.94. The van der Waals surface area contributed by atoms with Gasteiger partial charge in [-0.2, -0.15) is 0 Å². The van der Waals surface area contributed by atoms with Crippen LogP contribution in [-0.2, 0) is 11.2 Å². The average Bonchev–Trinajstić information content (AvgIpc) is 3.10. The standard InChI is InChI=1S/C16H21IN2O2/c1-2-19-7-3-4-13(19)10-18-16(20)15-9-11-8-12(17)5-6-14(11)21-15/h5-6,8,13,15H,2-4,7,9-10H2,1H3,(H,18,20). The summed E-state index contributed by atoms with van der Waals surface area (Å²) in [6.07, 6.45) is 2.73. The Morgan fingerprint density at radius 2 is 2.38 bits per heavy atom. The van der Waals surface area contributed by atoms with Gasteiger partial charge >= 0.3 is 0 Å². The van der Waals surface area contributed by atoms with Crippen LogP contribution in [0.5, 0.6) is 5.75 Å². The third-order valence-electron chi connectivity index (χ3n) is 4.41. The van der Waals surface area contributed by atoms with Crippen LogP contribution < -0.4 is 10.1 Å². The zero-order valence-corrected chi connectivity index (χ0v) is 14.4. The smallest absolute Gasteiger partial charge is 0.261 e. The predicted octanol–water partition coefficient (Wildman–Crippen LogP) is 2.20. The summed E-state index contributed by atoms with van der Waals surface area (Å²) in [6, 6.07) is 6.56. The number of carbonyl (C=O) groups excluding carboxylic acids is 1. The van der Waals surface area contributed by atoms with E-state index in [1.807, 2.05) is 12.1 Å². The Balaban J connectivity index is 1.53. The molecule has 0 saturated carbocycles. The van der Waals surface area contributed by atoms with Crippen LogP contribution in [0.15, 0.2) is 18.2 Å². The largest absolute Gasteiger partial charge is 0.480 e. The van der Waals surface area contributed by atoms with E-state index in [9.17, 15) is 4.79 Å². The number of nitrogens with zero attached hydrogens (tertiary/aromatic N) is 1. The monoisotopic (exact) mass is 400 g/mol. The maximum Gasteiger partial charge on any atom is 0.261 e. The van der Waals surface area contributed by atoms with Crippen molar-refractivity contribution in [1.29, 1.82) is 0 Å². The molecule has 2 atom stereocenters. The zero-order chi connectivity index (χ0) is 14.8. The van der Waals surface area contributed by atoms with Gasteiger partial charge in [0.2, 0.25) is 0 Å². The maximum absolute atomic E-state index is 12.3. The molecular formula is C16H21IN2O2. The summed E-state index contributed by atoms with van der Waals surface area (Å²) in [5.74, 6) is 0.871. The van der Waals surface area contributed by atoms with Crippen molar-refractivity contribution in [1.82, 2.24) is 10.2 Å². The fourth-order valence-electron chi connectivity index (χ4n) is 3.24. The third-order valence-corrected chi connectivity index (χ3v) is 5.08. The summed E-state index contributed by atoms with van der Waals surface area (Å²) in [7, 11) is 0. The Bertz CT molecular complexity index is 535. The van der Waals surface area contributed by atoms with Crippen LogP contribution in [0.25, 0.3) is 0 Å². The number of amides is 1. The highest BCUT2D eigenvalue weighted by atomic mass is 127. The van der Waals surface area contributed by atoms with E-state index < -0.39 is 0 Å². The van der Waals surface area contributed by atoms with Crippen molar-refractivity contribution in [2.75, 3.05) is 19.6 Å². The Kier molecular flexibility index (Phi) is 4.69. The lowest BCUT2D eigenvalue weighted by atomic mass is 10.1. The Labute approximate surface area is 139 Å². The van der Waals surface area contributed by atoms with Crippen LogP contribution in [0.1, 0.15) is 25.3 Å². The molecule has 0 spiro atoms. The summed E-state index contributed by atoms with van der Waals surface area (Å²) in [6.45, 7) is 5.13. The molecular weight excluding hydrogens is 379 g/mol. The highest BCUT2D eigenvalue weighted by molar-refractivity contribution is 14.1. The third kappa shape index (κ3) is 3.34. The highest BCUT2D eigenvalue weighted by Crippen LogP contribution is 2.30. The first-order chi connectivity index (χ1) is 10.2. The van der Waals surface area contributed by atoms with Crippen LogP contribution in [-0.4, -0.2) is 42.6 Å². The number of nitrogens with one attached hydrogen (secondary N) is 1. The summed E-state index contributed by atoms with van der Waals surface area (Å²) in [4.78, 5) is 14.7. The van der Waals surface area contributed by atoms with Gasteiger partial charge in [0.1, 0.15) is 5.75 Å². The van der Waals surface area contributed by atoms with Gasteiger partial charge < -0.3 is 10.1 Å². The number of likely N-dealkylation sites (tertiary alicyclic amines) is 1. The van der Waals surface area contributed by atoms with E-state index in [1.54, 1.807) is 0 Å². The Hall–Kier alpha value is -0.820. The highest BCUT2D eigenvalue weighted by Gasteiger charge is 2.30. The topological polar surface area (TPSA) is 41.6 Å². The van der Waals surface area contributed by atoms with E-state index >= 15 is 0 Å². The molecule has 3 rings (SSSR count). The number of hydrogen-bond donors (Lipinski definition) is 1. The lowest BCUT2D eigenvalue weighted by molar-refractivity contribution is -0.127. The summed E-state index contributed by atoms with van der Waals surface area (Å²) >= 11 is 2.28. The van der Waals surface area contributed by atoms with E-state index in [2.05, 4.69) is 45.8 Å². The number of benzene rings is 1. The van der Waals surface area contributed by atoms with E-state index in [-0.39, 0.29) is 12.0 Å². The quantitative estimate of drug-likeness (QED) is 0.789. The van der Waals surface area contributed by atoms with Crippen LogP contribution >= 0.6 is 22.6 Å². The van der Waals surface area contributed by atoms with Crippen molar-refractivity contribution in [3.63, 3.8) is 0 Å². The van der Waals surface area contributed by atoms with Crippen LogP contribution in [0.3, 0.4) is 0 Å². The molecule has 1 aromatic carbocycles. The number of rotatable bonds is 4. The molecule has 2 unspecified atom stereocenters. The van der Waals surface area contributed by atoms with Crippen molar-refractivity contribution in [2.24, 2.45) is 0 Å². The van der Waals surface area contributed by atoms with Gasteiger partial charge in [-0.3, -0.25) is 9.69 Å². The van der Waals surface area contributed by atoms with Gasteiger partial charge in [-0.1, -0.05) is 6.92 Å². The lowest BCUT2D eigenvalue weighted by Gasteiger charge is -2.23. The second-order valence-corrected chi connectivity index (χ2v) is 6.98. The minimum Gasteiger partial charge on any atom is -0.480 e. The van der Waals surface area contributed by atoms with Gasteiger partial charge in [0.15, 0.2) is 6.10 Å². The van der Waals surface area contributed by atoms with Gasteiger partial charge in [-0.05, 0) is 72.3 Å². The predicted molar refractivity (Wildman–Crippen MR) is 90.6 cm³/mol. The second-order valence-electron chi connectivity index (χ2n) is 5.73. The minimum absolute atomic E-state index is 0.0177. The molecule has 4 nitrogen and oxygen atoms in total. The molecule has 114 valence electrons. The minimum atomic E-state index is -0.366. The van der Waals surface area contributed by atoms with Crippen molar-refractivity contribution < 1.29 is 9.53 Å². The van der Waals surface area contributed by atoms with Crippen molar-refractivity contribution in [2.45, 2.75) is 38.3 Å². The molecule has 0 bridgehead atoms. The fourth-order valence-corrected chi connectivity index (χ4v) is 3.79. The molecule has 1 aromatic rings. The molecule has 1 N–H and O–H groups in total. The van der Waals surface area contributed by atoms with Crippen LogP contribution in [0, 0.1) is 3.57 Å². The number of fused-ring (bicyclic) bond motifs is 1. The van der Waals surface area contributed by atoms with Crippen molar-refractivity contribution in [3.05, 3.63) is 27.3 Å². The normalized spacial score (nSPS) is 24.7. The van der Waals surface area contributed by atoms with Gasteiger partial charge in [0.05, 0.1) is 0 Å². The molecule has 1 amide bonds. The van der Waals surface area contributed by atoms with Gasteiger partial charge in [0.25, 0.3) is 5.91 Å². The molecule has 2 aliphatic rings. The van der Waals surface area contributed by atoms with Crippen LogP contribution in [0.2, 0.25) is 0 Å². The van der Waals surface area contributed by atoms with Gasteiger partial charge in [0, 0.05) is 22.6 Å². The zero-order valence-electron chi connectivity index (χ0n) is 12.3. The van der Waals surface area contributed by atoms with Crippen LogP contribution in [0.4, 0.5) is 0 Å². The van der Waals surface area contributed by atoms with E-state index in [0.29, 0.717) is 12.5 Å². The molecule has 21 heavy (non-hydrogen) atoms. The Morgan fingerprint density at radius 1 is 1.52 bits per heavy atom. The van der Waals surface area contributed by atoms with E-state index in [1.165, 1.54) is 16.4 Å². The van der Waals surface area contributed by atoms with E-state index in [4.69, 9.17) is 4.74 Å². The second kappa shape index (κ2) is 6.52. The molecule has 2 aliphatic heterocycles. The molecule has 1 fully saturated rings. The molecule has 0 aromatic heterocycles. The maximum atomic E-state index is 12.3. The fraction of sp³-hybridized carbons (Fsp3) is 0.562. The van der Waals surface area contributed by atoms with Crippen molar-refractivity contribution in [3.8, 4) is 5.75 Å². The van der Waals surface area contributed by atoms with Gasteiger partial charge in [-0.25, -0.2) is 0 Å². The van der Waals surface area contributed by atoms with Crippen molar-refractivity contribution >= 4 is 28.5 Å². The molecule has 5 heteroatoms. The molecule has 1 saturated heterocycles. The first kappa shape index (κ1) is 15.1. The number of carbonyl (C=O) groups is 1. The van der Waals surface area contributed by atoms with Gasteiger partial charge in [-0.15, -0.1) is 0 Å². The first-order valence-electron chi connectivity index (χ1n) is 7.64. The Morgan fingerprint density at radius 3 is 3.19 bits per heavy atom. The molecule has 0 radical (unpaired) electrons. The average molecular weight is 400 g/mol. The summed E-state index contributed by atoms with van der Waals surface area (Å²) in [5.41, 5.74) is 1.14. The number of ether oxygens (including phenoxy) is 1.